The van der Waals surface area contributed by atoms with Gasteiger partial charge in [-0.15, -0.1) is 0 Å². The summed E-state index contributed by atoms with van der Waals surface area (Å²) < 4.78 is 0. The van der Waals surface area contributed by atoms with Crippen LogP contribution in [0.25, 0.3) is 0 Å². The van der Waals surface area contributed by atoms with Crippen molar-refractivity contribution in [2.24, 2.45) is 0 Å². The molecule has 24 valence electrons. The first-order chi connectivity index (χ1) is 1.73. The molecule has 0 radical (unpaired) electrons. The minimum Gasteiger partial charge on any atom is -0.356 e. The molecule has 0 amide bonds. The maximum absolute atomic E-state index is 8.25. The molecule has 0 rings (SSSR count). The number of rotatable bonds is 0. The van der Waals surface area contributed by atoms with E-state index in [1.54, 1.807) is 0 Å². The molecule has 0 N–H and O–H groups in total. The van der Waals surface area contributed by atoms with Crippen LogP contribution >= 0.6 is 0 Å². The van der Waals surface area contributed by atoms with Crippen molar-refractivity contribution >= 4 is 60.8 Å². The maximum atomic E-state index is 8.25. The predicted octanol–water partition coefficient (Wildman–Crippen LogP) is -1.00. The summed E-state index contributed by atoms with van der Waals surface area (Å²) >= 11 is 0. The fourth-order valence-corrected chi connectivity index (χ4v) is 0. The molecule has 6 heavy (non-hydrogen) atoms. The summed E-state index contributed by atoms with van der Waals surface area (Å²) in [7, 11) is 0. The van der Waals surface area contributed by atoms with Gasteiger partial charge in [-0.1, -0.05) is 0 Å². The summed E-state index contributed by atoms with van der Waals surface area (Å²) in [4.78, 5) is 8.25. The van der Waals surface area contributed by atoms with Crippen molar-refractivity contribution < 1.29 is 5.09 Å². The second kappa shape index (κ2) is 9.52. The van der Waals surface area contributed by atoms with Crippen LogP contribution < -0.4 is 0 Å². The summed E-state index contributed by atoms with van der Waals surface area (Å²) in [5, 5.41) is 14.8. The van der Waals surface area contributed by atoms with E-state index >= 15 is 0 Å². The molecule has 0 atom stereocenters. The number of hydrogen-bond acceptors (Lipinski definition) is 3. The third-order valence-electron chi connectivity index (χ3n) is 0. The summed E-state index contributed by atoms with van der Waals surface area (Å²) in [5.74, 6) is 0. The van der Waals surface area contributed by atoms with Crippen molar-refractivity contribution in [3.63, 3.8) is 0 Å². The Balaban J connectivity index is -0.0000000450. The van der Waals surface area contributed by atoms with Gasteiger partial charge in [0.2, 0.25) is 0 Å². The van der Waals surface area contributed by atoms with E-state index in [1.807, 2.05) is 0 Å². The van der Waals surface area contributed by atoms with Gasteiger partial charge >= 0.3 is 60.8 Å². The molecule has 0 heterocycles. The van der Waals surface area contributed by atoms with Crippen LogP contribution in [0.4, 0.5) is 0 Å². The van der Waals surface area contributed by atoms with Crippen LogP contribution in [0.15, 0.2) is 0 Å². The molecule has 0 spiro atoms. The van der Waals surface area contributed by atoms with Crippen molar-refractivity contribution in [2.75, 3.05) is 0 Å². The van der Waals surface area contributed by atoms with Gasteiger partial charge in [-0.3, -0.25) is 0 Å². The van der Waals surface area contributed by atoms with E-state index in [2.05, 4.69) is 0 Å². The molecule has 0 aliphatic rings. The number of hydrogen-bond donors (Lipinski definition) is 0. The Hall–Kier alpha value is 1.23. The topological polar surface area (TPSA) is 66.2 Å². The summed E-state index contributed by atoms with van der Waals surface area (Å²) in [6, 6.07) is 0. The molecule has 0 aromatic rings. The van der Waals surface area contributed by atoms with Crippen molar-refractivity contribution in [3.05, 3.63) is 15.3 Å². The van der Waals surface area contributed by atoms with Crippen LogP contribution in [0.5, 0.6) is 0 Å². The van der Waals surface area contributed by atoms with Gasteiger partial charge in [0.15, 0.2) is 0 Å². The standard InChI is InChI=1S/Ca.Mg.NO3/c;;2-1(3)4/q2*+2;-1. The molecule has 0 aromatic heterocycles. The van der Waals surface area contributed by atoms with Crippen molar-refractivity contribution in [1.82, 2.24) is 0 Å². The molecular formula is CaMgNO3+3. The van der Waals surface area contributed by atoms with Gasteiger partial charge in [-0.05, 0) is 0 Å². The Labute approximate surface area is 80.2 Å². The van der Waals surface area contributed by atoms with E-state index in [-0.39, 0.29) is 60.8 Å². The molecule has 0 aromatic carbocycles. The minimum absolute atomic E-state index is 0. The van der Waals surface area contributed by atoms with Gasteiger partial charge in [0, 0.05) is 0 Å². The van der Waals surface area contributed by atoms with E-state index in [4.69, 9.17) is 15.3 Å². The van der Waals surface area contributed by atoms with Crippen LogP contribution in [0, 0.1) is 15.3 Å². The van der Waals surface area contributed by atoms with Crippen molar-refractivity contribution in [2.45, 2.75) is 0 Å². The molecule has 6 heteroatoms. The first-order valence-electron chi connectivity index (χ1n) is 0.548. The summed E-state index contributed by atoms with van der Waals surface area (Å²) in [5.41, 5.74) is 0. The zero-order chi connectivity index (χ0) is 3.58. The quantitative estimate of drug-likeness (QED) is 0.237. The Morgan fingerprint density at radius 3 is 1.33 bits per heavy atom. The maximum Gasteiger partial charge on any atom is 2.00 e. The minimum atomic E-state index is -1.75. The zero-order valence-electron chi connectivity index (χ0n) is 3.09. The molecule has 4 nitrogen and oxygen atoms in total. The first kappa shape index (κ1) is 15.7. The Morgan fingerprint density at radius 1 is 1.33 bits per heavy atom. The SMILES string of the molecule is O=[N+]([O-])[O-].[Ca+2].[Mg+2]. The predicted molar refractivity (Wildman–Crippen MR) is 21.9 cm³/mol. The van der Waals surface area contributed by atoms with Crippen LogP contribution in [0.2, 0.25) is 0 Å². The summed E-state index contributed by atoms with van der Waals surface area (Å²) in [6.07, 6.45) is 0. The van der Waals surface area contributed by atoms with Gasteiger partial charge in [0.25, 0.3) is 0 Å². The van der Waals surface area contributed by atoms with Gasteiger partial charge in [-0.2, -0.15) is 0 Å². The second-order valence-corrected chi connectivity index (χ2v) is 0.224. The van der Waals surface area contributed by atoms with E-state index < -0.39 is 5.09 Å². The average Bonchev–Trinajstić information content (AvgIpc) is 0.811. The van der Waals surface area contributed by atoms with Gasteiger partial charge < -0.3 is 15.3 Å². The van der Waals surface area contributed by atoms with Gasteiger partial charge in [0.1, 0.15) is 0 Å². The Bertz CT molecular complexity index is 33.8. The molecule has 0 unspecified atom stereocenters. The Kier molecular flexibility index (Phi) is 24.9. The summed E-state index contributed by atoms with van der Waals surface area (Å²) in [6.45, 7) is 0. The fraction of sp³-hybridized carbons (Fsp3) is 0. The monoisotopic (exact) mass is 126 g/mol. The van der Waals surface area contributed by atoms with Crippen molar-refractivity contribution in [3.8, 4) is 0 Å². The van der Waals surface area contributed by atoms with E-state index in [9.17, 15) is 0 Å². The molecular weight excluding hydrogens is 126 g/mol. The van der Waals surface area contributed by atoms with Crippen LogP contribution in [0.3, 0.4) is 0 Å². The van der Waals surface area contributed by atoms with Crippen LogP contribution in [-0.4, -0.2) is 65.9 Å². The second-order valence-electron chi connectivity index (χ2n) is 0.224. The van der Waals surface area contributed by atoms with Crippen LogP contribution in [0.1, 0.15) is 0 Å². The molecule has 0 aliphatic carbocycles. The van der Waals surface area contributed by atoms with E-state index in [0.29, 0.717) is 0 Å². The Morgan fingerprint density at radius 2 is 1.33 bits per heavy atom. The fourth-order valence-electron chi connectivity index (χ4n) is 0. The molecule has 0 saturated heterocycles. The molecule has 0 bridgehead atoms. The molecule has 0 saturated carbocycles. The zero-order valence-corrected chi connectivity index (χ0v) is 6.71. The largest absolute Gasteiger partial charge is 2.00 e. The van der Waals surface area contributed by atoms with Crippen molar-refractivity contribution in [1.29, 1.82) is 0 Å². The number of nitrogens with zero attached hydrogens (tertiary/aromatic N) is 1. The van der Waals surface area contributed by atoms with E-state index in [0.717, 1.165) is 0 Å². The average molecular weight is 126 g/mol. The molecule has 0 aliphatic heterocycles. The third-order valence-corrected chi connectivity index (χ3v) is 0. The van der Waals surface area contributed by atoms with Gasteiger partial charge in [-0.25, -0.2) is 0 Å². The van der Waals surface area contributed by atoms with E-state index in [1.165, 1.54) is 0 Å². The third kappa shape index (κ3) is 62.1. The first-order valence-corrected chi connectivity index (χ1v) is 0.548. The van der Waals surface area contributed by atoms with Gasteiger partial charge in [0.05, 0.1) is 5.09 Å². The normalized spacial score (nSPS) is 4.00. The smallest absolute Gasteiger partial charge is 0.356 e. The van der Waals surface area contributed by atoms with Crippen LogP contribution in [-0.2, 0) is 0 Å². The molecule has 0 fully saturated rings.